The number of hydrogen-bond donors (Lipinski definition) is 2. The highest BCUT2D eigenvalue weighted by molar-refractivity contribution is 7.89. The Morgan fingerprint density at radius 3 is 2.76 bits per heavy atom. The average molecular weight is 315 g/mol. The minimum Gasteiger partial charge on any atom is -0.497 e. The summed E-state index contributed by atoms with van der Waals surface area (Å²) in [5, 5.41) is 0. The molecule has 1 heterocycles. The van der Waals surface area contributed by atoms with Gasteiger partial charge in [0.2, 0.25) is 15.9 Å². The second kappa shape index (κ2) is 5.88. The molecular formula is C12H17N3O5S. The molecule has 1 atom stereocenters. The fraction of sp³-hybridized carbons (Fsp3) is 0.417. The number of primary amides is 1. The molecule has 0 radical (unpaired) electrons. The molecule has 116 valence electrons. The van der Waals surface area contributed by atoms with E-state index < -0.39 is 22.0 Å². The van der Waals surface area contributed by atoms with Crippen molar-refractivity contribution < 1.29 is 22.7 Å². The first kappa shape index (κ1) is 15.5. The van der Waals surface area contributed by atoms with E-state index in [9.17, 15) is 13.2 Å². The zero-order valence-electron chi connectivity index (χ0n) is 11.5. The molecule has 2 rings (SSSR count). The van der Waals surface area contributed by atoms with Gasteiger partial charge in [-0.2, -0.15) is 4.31 Å². The molecule has 8 nitrogen and oxygen atoms in total. The van der Waals surface area contributed by atoms with Crippen LogP contribution in [0, 0.1) is 0 Å². The molecule has 21 heavy (non-hydrogen) atoms. The third-order valence-electron chi connectivity index (χ3n) is 3.21. The van der Waals surface area contributed by atoms with Gasteiger partial charge < -0.3 is 20.9 Å². The summed E-state index contributed by atoms with van der Waals surface area (Å²) >= 11 is 0. The number of nitrogen functional groups attached to an aromatic ring is 1. The van der Waals surface area contributed by atoms with Gasteiger partial charge in [-0.3, -0.25) is 4.79 Å². The number of benzene rings is 1. The van der Waals surface area contributed by atoms with Gasteiger partial charge in [0.05, 0.1) is 26.0 Å². The molecule has 0 aliphatic carbocycles. The first-order valence-electron chi connectivity index (χ1n) is 6.20. The Bertz CT molecular complexity index is 646. The first-order chi connectivity index (χ1) is 9.87. The number of sulfonamides is 1. The summed E-state index contributed by atoms with van der Waals surface area (Å²) in [6, 6.07) is 3.21. The maximum atomic E-state index is 12.7. The number of carbonyl (C=O) groups excluding carboxylic acids is 1. The molecule has 0 aromatic heterocycles. The Labute approximate surface area is 122 Å². The van der Waals surface area contributed by atoms with Crippen molar-refractivity contribution in [2.24, 2.45) is 5.73 Å². The van der Waals surface area contributed by atoms with Gasteiger partial charge in [-0.25, -0.2) is 8.42 Å². The highest BCUT2D eigenvalue weighted by atomic mass is 32.2. The molecule has 1 aliphatic rings. The van der Waals surface area contributed by atoms with Crippen molar-refractivity contribution >= 4 is 21.6 Å². The van der Waals surface area contributed by atoms with Crippen LogP contribution in [0.5, 0.6) is 5.75 Å². The van der Waals surface area contributed by atoms with Crippen LogP contribution in [0.2, 0.25) is 0 Å². The van der Waals surface area contributed by atoms with Crippen molar-refractivity contribution in [2.45, 2.75) is 10.9 Å². The predicted molar refractivity (Wildman–Crippen MR) is 75.1 cm³/mol. The molecule has 1 amide bonds. The monoisotopic (exact) mass is 315 g/mol. The maximum absolute atomic E-state index is 12.7. The Morgan fingerprint density at radius 1 is 1.48 bits per heavy atom. The number of ether oxygens (including phenoxy) is 2. The number of hydrogen-bond acceptors (Lipinski definition) is 6. The van der Waals surface area contributed by atoms with Crippen LogP contribution in [0.4, 0.5) is 5.69 Å². The summed E-state index contributed by atoms with van der Waals surface area (Å²) in [5.74, 6) is -0.315. The van der Waals surface area contributed by atoms with Crippen LogP contribution >= 0.6 is 0 Å². The van der Waals surface area contributed by atoms with Crippen molar-refractivity contribution in [3.05, 3.63) is 18.2 Å². The Kier molecular flexibility index (Phi) is 4.35. The summed E-state index contributed by atoms with van der Waals surface area (Å²) in [6.07, 6.45) is 0. The van der Waals surface area contributed by atoms with E-state index in [0.717, 1.165) is 4.31 Å². The number of methoxy groups -OCH3 is 1. The summed E-state index contributed by atoms with van der Waals surface area (Å²) in [6.45, 7) is 0.172. The van der Waals surface area contributed by atoms with Gasteiger partial charge in [-0.1, -0.05) is 0 Å². The van der Waals surface area contributed by atoms with Gasteiger partial charge in [-0.05, 0) is 12.1 Å². The minimum atomic E-state index is -3.94. The molecule has 1 aromatic carbocycles. The van der Waals surface area contributed by atoms with Crippen LogP contribution in [0.3, 0.4) is 0 Å². The molecule has 1 unspecified atom stereocenters. The lowest BCUT2D eigenvalue weighted by Crippen LogP contribution is -2.54. The van der Waals surface area contributed by atoms with E-state index in [1.165, 1.54) is 25.3 Å². The van der Waals surface area contributed by atoms with Crippen LogP contribution in [0.15, 0.2) is 23.1 Å². The summed E-state index contributed by atoms with van der Waals surface area (Å²) < 4.78 is 36.5. The lowest BCUT2D eigenvalue weighted by atomic mass is 10.3. The number of nitrogens with zero attached hydrogens (tertiary/aromatic N) is 1. The lowest BCUT2D eigenvalue weighted by molar-refractivity contribution is -0.125. The van der Waals surface area contributed by atoms with Gasteiger partial charge in [-0.15, -0.1) is 0 Å². The standard InChI is InChI=1S/C12H17N3O5S/c1-19-8-2-3-11(9(13)6-8)21(17,18)15-4-5-20-7-10(15)12(14)16/h2-3,6,10H,4-5,7,13H2,1H3,(H2,14,16). The van der Waals surface area contributed by atoms with Crippen molar-refractivity contribution in [3.63, 3.8) is 0 Å². The molecular weight excluding hydrogens is 298 g/mol. The van der Waals surface area contributed by atoms with Crippen molar-refractivity contribution in [1.82, 2.24) is 4.31 Å². The molecule has 1 fully saturated rings. The van der Waals surface area contributed by atoms with E-state index in [-0.39, 0.29) is 30.3 Å². The van der Waals surface area contributed by atoms with E-state index in [2.05, 4.69) is 0 Å². The second-order valence-corrected chi connectivity index (χ2v) is 6.37. The zero-order chi connectivity index (χ0) is 15.6. The van der Waals surface area contributed by atoms with Crippen LogP contribution < -0.4 is 16.2 Å². The van der Waals surface area contributed by atoms with Crippen molar-refractivity contribution in [2.75, 3.05) is 32.6 Å². The summed E-state index contributed by atoms with van der Waals surface area (Å²) in [7, 11) is -2.49. The van der Waals surface area contributed by atoms with Crippen LogP contribution in [0.25, 0.3) is 0 Å². The maximum Gasteiger partial charge on any atom is 0.246 e. The van der Waals surface area contributed by atoms with Gasteiger partial charge in [0, 0.05) is 12.6 Å². The number of morpholine rings is 1. The normalized spacial score (nSPS) is 20.1. The topological polar surface area (TPSA) is 125 Å². The molecule has 9 heteroatoms. The quantitative estimate of drug-likeness (QED) is 0.697. The van der Waals surface area contributed by atoms with Gasteiger partial charge in [0.25, 0.3) is 0 Å². The average Bonchev–Trinajstić information content (AvgIpc) is 2.46. The second-order valence-electron chi connectivity index (χ2n) is 4.51. The van der Waals surface area contributed by atoms with Crippen molar-refractivity contribution in [1.29, 1.82) is 0 Å². The van der Waals surface area contributed by atoms with Crippen molar-refractivity contribution in [3.8, 4) is 5.75 Å². The Morgan fingerprint density at radius 2 is 2.19 bits per heavy atom. The van der Waals surface area contributed by atoms with E-state index in [1.807, 2.05) is 0 Å². The lowest BCUT2D eigenvalue weighted by Gasteiger charge is -2.32. The molecule has 1 saturated heterocycles. The smallest absolute Gasteiger partial charge is 0.246 e. The molecule has 4 N–H and O–H groups in total. The first-order valence-corrected chi connectivity index (χ1v) is 7.64. The zero-order valence-corrected chi connectivity index (χ0v) is 12.3. The van der Waals surface area contributed by atoms with Crippen LogP contribution in [-0.4, -0.2) is 51.5 Å². The fourth-order valence-corrected chi connectivity index (χ4v) is 3.78. The summed E-state index contributed by atoms with van der Waals surface area (Å²) in [5.41, 5.74) is 11.1. The van der Waals surface area contributed by atoms with Gasteiger partial charge in [0.1, 0.15) is 16.7 Å². The number of nitrogens with two attached hydrogens (primary N) is 2. The number of rotatable bonds is 4. The third-order valence-corrected chi connectivity index (χ3v) is 5.19. The van der Waals surface area contributed by atoms with E-state index in [4.69, 9.17) is 20.9 Å². The van der Waals surface area contributed by atoms with E-state index >= 15 is 0 Å². The predicted octanol–water partition coefficient (Wildman–Crippen LogP) is -0.848. The molecule has 0 spiro atoms. The number of anilines is 1. The molecule has 1 aliphatic heterocycles. The Hall–Kier alpha value is -1.84. The largest absolute Gasteiger partial charge is 0.497 e. The number of amides is 1. The fourth-order valence-electron chi connectivity index (χ4n) is 2.11. The van der Waals surface area contributed by atoms with Gasteiger partial charge in [0.15, 0.2) is 0 Å². The third kappa shape index (κ3) is 2.94. The highest BCUT2D eigenvalue weighted by Gasteiger charge is 2.38. The highest BCUT2D eigenvalue weighted by Crippen LogP contribution is 2.28. The minimum absolute atomic E-state index is 0.0431. The SMILES string of the molecule is COc1ccc(S(=O)(=O)N2CCOCC2C(N)=O)c(N)c1. The molecule has 0 bridgehead atoms. The van der Waals surface area contributed by atoms with Crippen LogP contribution in [0.1, 0.15) is 0 Å². The summed E-state index contributed by atoms with van der Waals surface area (Å²) in [4.78, 5) is 11.3. The van der Waals surface area contributed by atoms with Crippen LogP contribution in [-0.2, 0) is 19.6 Å². The Balaban J connectivity index is 2.43. The van der Waals surface area contributed by atoms with E-state index in [1.54, 1.807) is 0 Å². The number of carbonyl (C=O) groups is 1. The molecule has 1 aromatic rings. The van der Waals surface area contributed by atoms with E-state index in [0.29, 0.717) is 5.75 Å². The van der Waals surface area contributed by atoms with Gasteiger partial charge >= 0.3 is 0 Å². The molecule has 0 saturated carbocycles.